The molecule has 2 aliphatic heterocycles. The molecule has 2 N–H and O–H groups in total. The Hall–Kier alpha value is -0.700. The van der Waals surface area contributed by atoms with Gasteiger partial charge in [0.05, 0.1) is 5.25 Å². The number of thiazole rings is 1. The van der Waals surface area contributed by atoms with E-state index >= 15 is 0 Å². The molecule has 0 aliphatic carbocycles. The molecule has 21 heavy (non-hydrogen) atoms. The van der Waals surface area contributed by atoms with Gasteiger partial charge in [-0.1, -0.05) is 0 Å². The maximum absolute atomic E-state index is 12.5. The Morgan fingerprint density at radius 1 is 1.24 bits per heavy atom. The van der Waals surface area contributed by atoms with Crippen molar-refractivity contribution in [1.29, 1.82) is 0 Å². The van der Waals surface area contributed by atoms with E-state index in [-0.39, 0.29) is 5.25 Å². The summed E-state index contributed by atoms with van der Waals surface area (Å²) in [6.07, 6.45) is 5.28. The molecule has 0 spiro atoms. The molecule has 0 aromatic carbocycles. The van der Waals surface area contributed by atoms with Gasteiger partial charge in [0, 0.05) is 30.7 Å². The molecule has 2 saturated heterocycles. The average molecular weight is 330 g/mol. The minimum Gasteiger partial charge on any atom is -0.375 e. The predicted molar refractivity (Wildman–Crippen MR) is 84.6 cm³/mol. The van der Waals surface area contributed by atoms with E-state index in [2.05, 4.69) is 9.88 Å². The third-order valence-corrected chi connectivity index (χ3v) is 7.54. The summed E-state index contributed by atoms with van der Waals surface area (Å²) in [5.41, 5.74) is 5.64. The van der Waals surface area contributed by atoms with Crippen LogP contribution in [0.5, 0.6) is 0 Å². The summed E-state index contributed by atoms with van der Waals surface area (Å²) >= 11 is 1.51. The Morgan fingerprint density at radius 3 is 2.48 bits per heavy atom. The zero-order valence-electron chi connectivity index (χ0n) is 12.1. The molecule has 3 heterocycles. The van der Waals surface area contributed by atoms with Crippen LogP contribution in [0.15, 0.2) is 6.20 Å². The van der Waals surface area contributed by atoms with E-state index in [9.17, 15) is 8.42 Å². The second-order valence-corrected chi connectivity index (χ2v) is 9.15. The first kappa shape index (κ1) is 15.2. The van der Waals surface area contributed by atoms with Gasteiger partial charge in [0.25, 0.3) is 0 Å². The third-order valence-electron chi connectivity index (χ3n) is 4.33. The van der Waals surface area contributed by atoms with Crippen molar-refractivity contribution in [2.75, 3.05) is 31.9 Å². The Kier molecular flexibility index (Phi) is 4.49. The van der Waals surface area contributed by atoms with Gasteiger partial charge in [-0.05, 0) is 38.8 Å². The zero-order valence-corrected chi connectivity index (χ0v) is 13.7. The highest BCUT2D eigenvalue weighted by Crippen LogP contribution is 2.26. The van der Waals surface area contributed by atoms with Gasteiger partial charge < -0.3 is 5.73 Å². The van der Waals surface area contributed by atoms with Crippen LogP contribution in [0.4, 0.5) is 5.13 Å². The molecule has 0 unspecified atom stereocenters. The molecular formula is C13H22N4O2S2. The van der Waals surface area contributed by atoms with E-state index in [1.807, 2.05) is 6.20 Å². The SMILES string of the molecule is Nc1ncc(CN2CCC(S(=O)(=O)N3CCCC3)CC2)s1. The molecule has 2 aliphatic rings. The number of likely N-dealkylation sites (tertiary alicyclic amines) is 1. The van der Waals surface area contributed by atoms with Gasteiger partial charge in [-0.2, -0.15) is 0 Å². The first-order chi connectivity index (χ1) is 10.1. The van der Waals surface area contributed by atoms with E-state index in [1.165, 1.54) is 11.3 Å². The minimum absolute atomic E-state index is 0.196. The van der Waals surface area contributed by atoms with Crippen molar-refractivity contribution in [3.63, 3.8) is 0 Å². The monoisotopic (exact) mass is 330 g/mol. The maximum Gasteiger partial charge on any atom is 0.217 e. The Labute approximate surface area is 130 Å². The highest BCUT2D eigenvalue weighted by atomic mass is 32.2. The fraction of sp³-hybridized carbons (Fsp3) is 0.769. The second kappa shape index (κ2) is 6.20. The second-order valence-electron chi connectivity index (χ2n) is 5.79. The molecule has 118 valence electrons. The van der Waals surface area contributed by atoms with Crippen molar-refractivity contribution in [2.24, 2.45) is 0 Å². The van der Waals surface area contributed by atoms with Crippen molar-refractivity contribution in [3.8, 4) is 0 Å². The average Bonchev–Trinajstić information content (AvgIpc) is 3.11. The van der Waals surface area contributed by atoms with Crippen LogP contribution in [0.1, 0.15) is 30.6 Å². The minimum atomic E-state index is -3.08. The van der Waals surface area contributed by atoms with Crippen LogP contribution >= 0.6 is 11.3 Å². The number of sulfonamides is 1. The Bertz CT molecular complexity index is 573. The van der Waals surface area contributed by atoms with Gasteiger partial charge in [0.15, 0.2) is 5.13 Å². The van der Waals surface area contributed by atoms with Crippen molar-refractivity contribution in [3.05, 3.63) is 11.1 Å². The summed E-state index contributed by atoms with van der Waals surface area (Å²) in [7, 11) is -3.08. The largest absolute Gasteiger partial charge is 0.375 e. The number of hydrogen-bond acceptors (Lipinski definition) is 6. The molecule has 6 nitrogen and oxygen atoms in total. The molecular weight excluding hydrogens is 308 g/mol. The lowest BCUT2D eigenvalue weighted by atomic mass is 10.1. The molecule has 8 heteroatoms. The van der Waals surface area contributed by atoms with Crippen LogP contribution in [0, 0.1) is 0 Å². The van der Waals surface area contributed by atoms with E-state index in [0.29, 0.717) is 18.2 Å². The molecule has 1 aromatic rings. The number of nitrogens with two attached hydrogens (primary N) is 1. The third kappa shape index (κ3) is 3.39. The molecule has 3 rings (SSSR count). The first-order valence-corrected chi connectivity index (χ1v) is 9.79. The van der Waals surface area contributed by atoms with Crippen molar-refractivity contribution < 1.29 is 8.42 Å². The van der Waals surface area contributed by atoms with Crippen molar-refractivity contribution in [1.82, 2.24) is 14.2 Å². The summed E-state index contributed by atoms with van der Waals surface area (Å²) in [5.74, 6) is 0. The van der Waals surface area contributed by atoms with Crippen LogP contribution in [-0.2, 0) is 16.6 Å². The van der Waals surface area contributed by atoms with E-state index in [0.717, 1.165) is 50.2 Å². The lowest BCUT2D eigenvalue weighted by molar-refractivity contribution is 0.221. The van der Waals surface area contributed by atoms with Gasteiger partial charge in [0.2, 0.25) is 10.0 Å². The van der Waals surface area contributed by atoms with Crippen LogP contribution in [0.2, 0.25) is 0 Å². The molecule has 0 radical (unpaired) electrons. The number of aromatic nitrogens is 1. The molecule has 0 bridgehead atoms. The van der Waals surface area contributed by atoms with Crippen LogP contribution in [0.25, 0.3) is 0 Å². The number of rotatable bonds is 4. The predicted octanol–water partition coefficient (Wildman–Crippen LogP) is 1.12. The Balaban J connectivity index is 1.55. The highest BCUT2D eigenvalue weighted by molar-refractivity contribution is 7.89. The summed E-state index contributed by atoms with van der Waals surface area (Å²) in [5, 5.41) is 0.398. The highest BCUT2D eigenvalue weighted by Gasteiger charge is 2.35. The van der Waals surface area contributed by atoms with E-state index in [4.69, 9.17) is 5.73 Å². The van der Waals surface area contributed by atoms with Gasteiger partial charge in [-0.25, -0.2) is 17.7 Å². The standard InChI is InChI=1S/C13H22N4O2S2/c14-13-15-9-11(20-13)10-16-7-3-12(4-8-16)21(18,19)17-5-1-2-6-17/h9,12H,1-8,10H2,(H2,14,15). The van der Waals surface area contributed by atoms with Crippen LogP contribution < -0.4 is 5.73 Å². The number of hydrogen-bond donors (Lipinski definition) is 1. The molecule has 0 saturated carbocycles. The molecule has 0 atom stereocenters. The van der Waals surface area contributed by atoms with E-state index < -0.39 is 10.0 Å². The Morgan fingerprint density at radius 2 is 1.90 bits per heavy atom. The van der Waals surface area contributed by atoms with Gasteiger partial charge in [-0.15, -0.1) is 11.3 Å². The topological polar surface area (TPSA) is 79.5 Å². The number of nitrogen functional groups attached to an aromatic ring is 1. The van der Waals surface area contributed by atoms with Crippen LogP contribution in [-0.4, -0.2) is 54.0 Å². The molecule has 2 fully saturated rings. The lowest BCUT2D eigenvalue weighted by Crippen LogP contribution is -2.44. The number of anilines is 1. The van der Waals surface area contributed by atoms with Crippen molar-refractivity contribution >= 4 is 26.5 Å². The fourth-order valence-electron chi connectivity index (χ4n) is 3.13. The molecule has 1 aromatic heterocycles. The summed E-state index contributed by atoms with van der Waals surface area (Å²) in [6, 6.07) is 0. The van der Waals surface area contributed by atoms with Gasteiger partial charge in [-0.3, -0.25) is 4.90 Å². The van der Waals surface area contributed by atoms with Crippen molar-refractivity contribution in [2.45, 2.75) is 37.5 Å². The normalized spacial score (nSPS) is 22.9. The smallest absolute Gasteiger partial charge is 0.217 e. The summed E-state index contributed by atoms with van der Waals surface area (Å²) in [6.45, 7) is 3.90. The van der Waals surface area contributed by atoms with Gasteiger partial charge >= 0.3 is 0 Å². The quantitative estimate of drug-likeness (QED) is 0.895. The maximum atomic E-state index is 12.5. The fourth-order valence-corrected chi connectivity index (χ4v) is 5.86. The lowest BCUT2D eigenvalue weighted by Gasteiger charge is -2.33. The van der Waals surface area contributed by atoms with E-state index in [1.54, 1.807) is 4.31 Å². The molecule has 0 amide bonds. The first-order valence-electron chi connectivity index (χ1n) is 7.47. The van der Waals surface area contributed by atoms with Crippen LogP contribution in [0.3, 0.4) is 0 Å². The van der Waals surface area contributed by atoms with Gasteiger partial charge in [0.1, 0.15) is 0 Å². The zero-order chi connectivity index (χ0) is 14.9. The summed E-state index contributed by atoms with van der Waals surface area (Å²) in [4.78, 5) is 7.50. The number of piperidine rings is 1. The summed E-state index contributed by atoms with van der Waals surface area (Å²) < 4.78 is 26.8. The number of nitrogens with zero attached hydrogens (tertiary/aromatic N) is 3.